The molecule has 0 amide bonds. The summed E-state index contributed by atoms with van der Waals surface area (Å²) >= 11 is 1.63. The summed E-state index contributed by atoms with van der Waals surface area (Å²) in [4.78, 5) is 26.8. The summed E-state index contributed by atoms with van der Waals surface area (Å²) in [6, 6.07) is 5.95. The van der Waals surface area contributed by atoms with E-state index < -0.39 is 17.5 Å². The largest absolute Gasteiger partial charge is 0.494 e. The Morgan fingerprint density at radius 1 is 1.18 bits per heavy atom. The Bertz CT molecular complexity index is 1360. The molecule has 3 aliphatic carbocycles. The zero-order valence-corrected chi connectivity index (χ0v) is 20.1. The van der Waals surface area contributed by atoms with Gasteiger partial charge in [-0.3, -0.25) is 4.79 Å². The number of carboxylic acid groups (broad SMARTS) is 1. The summed E-state index contributed by atoms with van der Waals surface area (Å²) in [5.41, 5.74) is 2.09. The number of aryl methyl sites for hydroxylation is 1. The summed E-state index contributed by atoms with van der Waals surface area (Å²) in [5, 5.41) is 21.4. The fraction of sp³-hybridized carbons (Fsp3) is 0.481. The minimum atomic E-state index is -1.21. The molecule has 0 bridgehead atoms. The molecule has 34 heavy (non-hydrogen) atoms. The second-order valence-corrected chi connectivity index (χ2v) is 11.3. The van der Waals surface area contributed by atoms with E-state index in [0.29, 0.717) is 16.7 Å². The average Bonchev–Trinajstić information content (AvgIpc) is 3.60. The van der Waals surface area contributed by atoms with Crippen molar-refractivity contribution in [3.63, 3.8) is 0 Å². The van der Waals surface area contributed by atoms with Crippen LogP contribution >= 0.6 is 11.3 Å². The molecule has 1 aromatic carbocycles. The monoisotopic (exact) mass is 479 g/mol. The third kappa shape index (κ3) is 3.24. The number of aliphatic hydroxyl groups is 1. The molecular formula is C27H29NO5S. The van der Waals surface area contributed by atoms with Gasteiger partial charge < -0.3 is 19.5 Å². The van der Waals surface area contributed by atoms with Crippen molar-refractivity contribution >= 4 is 28.2 Å². The molecule has 1 atom stereocenters. The van der Waals surface area contributed by atoms with Crippen LogP contribution in [0.1, 0.15) is 84.3 Å². The van der Waals surface area contributed by atoms with E-state index in [-0.39, 0.29) is 17.0 Å². The number of fused-ring (bicyclic) bond motifs is 2. The minimum Gasteiger partial charge on any atom is -0.494 e. The lowest BCUT2D eigenvalue weighted by atomic mass is 9.64. The number of pyridine rings is 1. The average molecular weight is 480 g/mol. The van der Waals surface area contributed by atoms with Crippen LogP contribution in [0.3, 0.4) is 0 Å². The molecule has 3 aromatic rings. The summed E-state index contributed by atoms with van der Waals surface area (Å²) in [6.07, 6.45) is 10.8. The lowest BCUT2D eigenvalue weighted by molar-refractivity contribution is -0.0179. The molecule has 6 rings (SSSR count). The first-order valence-electron chi connectivity index (χ1n) is 12.2. The molecule has 1 unspecified atom stereocenters. The molecule has 2 fully saturated rings. The number of hydrogen-bond acceptors (Lipinski definition) is 5. The standard InChI is InChI=1S/C27H29NO5S/c1-33-23-17(7-8-18-21(23)28(16-5-6-16)14-19(22(18)29)26(31)32)20-13-15-9-12-27(10-3-2-4-11-27)25(30)24(15)34-20/h7-8,13-14,16,25,30H,2-6,9-12H2,1H3,(H,31,32). The molecule has 178 valence electrons. The SMILES string of the molecule is COc1c(-c2cc3c(s2)C(O)C2(CCCCC2)CC3)ccc2c(=O)c(C(=O)O)cn(C3CC3)c12. The van der Waals surface area contributed by atoms with E-state index in [4.69, 9.17) is 4.74 Å². The number of rotatable bonds is 4. The third-order valence-electron chi connectivity index (χ3n) is 8.20. The molecule has 7 heteroatoms. The number of aromatic nitrogens is 1. The number of hydrogen-bond donors (Lipinski definition) is 2. The first-order chi connectivity index (χ1) is 16.4. The van der Waals surface area contributed by atoms with Crippen LogP contribution in [0.25, 0.3) is 21.3 Å². The van der Waals surface area contributed by atoms with E-state index in [9.17, 15) is 19.8 Å². The smallest absolute Gasteiger partial charge is 0.341 e. The van der Waals surface area contributed by atoms with Crippen LogP contribution in [0.2, 0.25) is 0 Å². The van der Waals surface area contributed by atoms with E-state index in [1.165, 1.54) is 31.0 Å². The minimum absolute atomic E-state index is 0.0144. The van der Waals surface area contributed by atoms with Crippen LogP contribution in [0.15, 0.2) is 29.2 Å². The Hall–Kier alpha value is -2.64. The molecule has 6 nitrogen and oxygen atoms in total. The molecule has 0 saturated heterocycles. The molecule has 3 aliphatic rings. The molecule has 2 N–H and O–H groups in total. The number of methoxy groups -OCH3 is 1. The van der Waals surface area contributed by atoms with Crippen molar-refractivity contribution in [1.29, 1.82) is 0 Å². The van der Waals surface area contributed by atoms with Crippen LogP contribution < -0.4 is 10.2 Å². The Kier molecular flexibility index (Phi) is 5.12. The zero-order valence-electron chi connectivity index (χ0n) is 19.3. The second kappa shape index (κ2) is 7.95. The van der Waals surface area contributed by atoms with Gasteiger partial charge in [0.05, 0.1) is 24.1 Å². The molecule has 0 radical (unpaired) electrons. The maximum Gasteiger partial charge on any atom is 0.341 e. The maximum absolute atomic E-state index is 13.0. The number of carboxylic acids is 1. The van der Waals surface area contributed by atoms with Crippen LogP contribution in [0.5, 0.6) is 5.75 Å². The van der Waals surface area contributed by atoms with Crippen LogP contribution in [0, 0.1) is 5.41 Å². The Morgan fingerprint density at radius 2 is 1.94 bits per heavy atom. The van der Waals surface area contributed by atoms with Crippen LogP contribution in [-0.4, -0.2) is 27.9 Å². The van der Waals surface area contributed by atoms with E-state index in [2.05, 4.69) is 6.07 Å². The topological polar surface area (TPSA) is 88.8 Å². The van der Waals surface area contributed by atoms with Crippen molar-refractivity contribution in [3.05, 3.63) is 50.6 Å². The summed E-state index contributed by atoms with van der Waals surface area (Å²) in [7, 11) is 1.60. The van der Waals surface area contributed by atoms with Crippen molar-refractivity contribution in [3.8, 4) is 16.2 Å². The van der Waals surface area contributed by atoms with Gasteiger partial charge >= 0.3 is 5.97 Å². The van der Waals surface area contributed by atoms with Crippen molar-refractivity contribution < 1.29 is 19.7 Å². The number of benzene rings is 1. The number of aromatic carboxylic acids is 1. The highest BCUT2D eigenvalue weighted by atomic mass is 32.1. The van der Waals surface area contributed by atoms with Crippen molar-refractivity contribution in [2.45, 2.75) is 69.9 Å². The summed E-state index contributed by atoms with van der Waals surface area (Å²) < 4.78 is 7.81. The van der Waals surface area contributed by atoms with Crippen LogP contribution in [0.4, 0.5) is 0 Å². The first-order valence-corrected chi connectivity index (χ1v) is 13.1. The molecule has 0 aliphatic heterocycles. The lowest BCUT2D eigenvalue weighted by Crippen LogP contribution is -2.34. The van der Waals surface area contributed by atoms with Gasteiger partial charge in [-0.15, -0.1) is 11.3 Å². The van der Waals surface area contributed by atoms with Gasteiger partial charge in [-0.1, -0.05) is 19.3 Å². The Morgan fingerprint density at radius 3 is 2.62 bits per heavy atom. The van der Waals surface area contributed by atoms with Gasteiger partial charge in [0.15, 0.2) is 5.75 Å². The summed E-state index contributed by atoms with van der Waals surface area (Å²) in [6.45, 7) is 0. The van der Waals surface area contributed by atoms with Gasteiger partial charge in [-0.05, 0) is 62.3 Å². The number of ether oxygens (including phenoxy) is 1. The fourth-order valence-corrected chi connectivity index (χ4v) is 7.55. The molecule has 2 heterocycles. The third-order valence-corrected chi connectivity index (χ3v) is 9.46. The molecule has 2 aromatic heterocycles. The van der Waals surface area contributed by atoms with Crippen LogP contribution in [-0.2, 0) is 6.42 Å². The lowest BCUT2D eigenvalue weighted by Gasteiger charge is -2.44. The quantitative estimate of drug-likeness (QED) is 0.501. The van der Waals surface area contributed by atoms with Gasteiger partial charge in [0, 0.05) is 33.0 Å². The summed E-state index contributed by atoms with van der Waals surface area (Å²) in [5.74, 6) is -0.611. The fourth-order valence-electron chi connectivity index (χ4n) is 6.19. The number of thiophene rings is 1. The van der Waals surface area contributed by atoms with E-state index >= 15 is 0 Å². The predicted octanol–water partition coefficient (Wildman–Crippen LogP) is 5.70. The van der Waals surface area contributed by atoms with Gasteiger partial charge in [-0.25, -0.2) is 4.79 Å². The highest BCUT2D eigenvalue weighted by molar-refractivity contribution is 7.15. The normalized spacial score (nSPS) is 21.5. The van der Waals surface area contributed by atoms with Crippen molar-refractivity contribution in [2.24, 2.45) is 5.41 Å². The second-order valence-electron chi connectivity index (χ2n) is 10.2. The maximum atomic E-state index is 13.0. The molecule has 2 saturated carbocycles. The Labute approximate surface area is 201 Å². The van der Waals surface area contributed by atoms with Gasteiger partial charge in [0.25, 0.3) is 0 Å². The zero-order chi connectivity index (χ0) is 23.6. The highest BCUT2D eigenvalue weighted by Crippen LogP contribution is 2.56. The van der Waals surface area contributed by atoms with E-state index in [1.807, 2.05) is 10.6 Å². The predicted molar refractivity (Wildman–Crippen MR) is 132 cm³/mol. The van der Waals surface area contributed by atoms with Gasteiger partial charge in [0.2, 0.25) is 5.43 Å². The highest BCUT2D eigenvalue weighted by Gasteiger charge is 2.44. The van der Waals surface area contributed by atoms with Crippen molar-refractivity contribution in [2.75, 3.05) is 7.11 Å². The molecule has 1 spiro atoms. The van der Waals surface area contributed by atoms with E-state index in [0.717, 1.165) is 53.8 Å². The van der Waals surface area contributed by atoms with Gasteiger partial charge in [-0.2, -0.15) is 0 Å². The molecular weight excluding hydrogens is 450 g/mol. The van der Waals surface area contributed by atoms with Gasteiger partial charge in [0.1, 0.15) is 5.56 Å². The number of nitrogens with zero attached hydrogens (tertiary/aromatic N) is 1. The Balaban J connectivity index is 1.51. The number of carbonyl (C=O) groups is 1. The van der Waals surface area contributed by atoms with Crippen molar-refractivity contribution in [1.82, 2.24) is 4.57 Å². The first kappa shape index (κ1) is 21.9. The number of aliphatic hydroxyl groups excluding tert-OH is 1. The van der Waals surface area contributed by atoms with E-state index in [1.54, 1.807) is 24.5 Å².